The number of hydrogen-bond donors (Lipinski definition) is 3. The molecule has 0 saturated carbocycles. The Balaban J connectivity index is 0.00000253. The first-order valence-corrected chi connectivity index (χ1v) is 13.0. The van der Waals surface area contributed by atoms with Crippen molar-refractivity contribution >= 4 is 45.6 Å². The summed E-state index contributed by atoms with van der Waals surface area (Å²) in [6.45, 7) is 0.0964. The molecule has 1 aromatic heterocycles. The Morgan fingerprint density at radius 2 is 1.82 bits per heavy atom. The fourth-order valence-corrected chi connectivity index (χ4v) is 6.20. The topological polar surface area (TPSA) is 226 Å². The molecule has 0 aliphatic carbocycles. The third-order valence-electron chi connectivity index (χ3n) is 5.70. The molecule has 38 heavy (non-hydrogen) atoms. The molecular weight excluding hydrogens is 551 g/mol. The molecule has 2 aromatic rings. The van der Waals surface area contributed by atoms with Gasteiger partial charge in [-0.05, 0) is 17.0 Å². The molecule has 13 nitrogen and oxygen atoms in total. The number of carbonyl (C=O) groups excluding carboxylic acids is 2. The number of carboxylic acids is 1. The number of aliphatic carboxylic acids is 1. The molecule has 1 saturated heterocycles. The van der Waals surface area contributed by atoms with Crippen molar-refractivity contribution in [2.24, 2.45) is 0 Å². The van der Waals surface area contributed by atoms with Crippen molar-refractivity contribution in [2.45, 2.75) is 23.2 Å². The minimum absolute atomic E-state index is 0. The molecular formula is C22H21N4NaO9S2. The van der Waals surface area contributed by atoms with Crippen LogP contribution in [0, 0.1) is 5.41 Å². The molecule has 16 heteroatoms. The zero-order valence-corrected chi connectivity index (χ0v) is 23.5. The Kier molecular flexibility index (Phi) is 10.2. The monoisotopic (exact) mass is 572 g/mol. The summed E-state index contributed by atoms with van der Waals surface area (Å²) in [6, 6.07) is 8.77. The number of amides is 2. The van der Waals surface area contributed by atoms with Gasteiger partial charge in [-0.1, -0.05) is 30.3 Å². The number of rotatable bonds is 8. The zero-order chi connectivity index (χ0) is 26.2. The Labute approximate surface area is 243 Å². The van der Waals surface area contributed by atoms with E-state index in [1.807, 2.05) is 0 Å². The third kappa shape index (κ3) is 6.26. The second-order valence-corrected chi connectivity index (χ2v) is 10.6. The van der Waals surface area contributed by atoms with Crippen LogP contribution in [-0.2, 0) is 31.0 Å². The minimum atomic E-state index is -5.10. The van der Waals surface area contributed by atoms with Gasteiger partial charge in [-0.3, -0.25) is 14.5 Å². The molecule has 0 spiro atoms. The summed E-state index contributed by atoms with van der Waals surface area (Å²) >= 11 is 1.18. The van der Waals surface area contributed by atoms with Gasteiger partial charge in [0.15, 0.2) is 24.2 Å². The normalized spacial score (nSPS) is 19.2. The van der Waals surface area contributed by atoms with Gasteiger partial charge in [0.25, 0.3) is 5.91 Å². The Hall–Kier alpha value is -2.79. The van der Waals surface area contributed by atoms with Crippen LogP contribution in [0.3, 0.4) is 0 Å². The summed E-state index contributed by atoms with van der Waals surface area (Å²) in [6.07, 6.45) is 3.03. The number of nitrogens with zero attached hydrogens (tertiary/aromatic N) is 2. The second kappa shape index (κ2) is 12.4. The fraction of sp³-hybridized carbons (Fsp3) is 0.227. The van der Waals surface area contributed by atoms with Gasteiger partial charge in [0.05, 0.1) is 0 Å². The zero-order valence-electron chi connectivity index (χ0n) is 19.9. The van der Waals surface area contributed by atoms with E-state index in [0.717, 1.165) is 4.90 Å². The fourth-order valence-electron chi connectivity index (χ4n) is 4.05. The maximum atomic E-state index is 12.9. The Morgan fingerprint density at radius 3 is 2.34 bits per heavy atom. The van der Waals surface area contributed by atoms with Gasteiger partial charge in [0.2, 0.25) is 5.91 Å². The quantitative estimate of drug-likeness (QED) is 0.0685. The summed E-state index contributed by atoms with van der Waals surface area (Å²) < 4.78 is 37.0. The molecule has 0 bridgehead atoms. The molecule has 196 valence electrons. The van der Waals surface area contributed by atoms with E-state index in [1.165, 1.54) is 60.6 Å². The van der Waals surface area contributed by atoms with Gasteiger partial charge < -0.3 is 31.0 Å². The number of β-lactam (4-membered cyclic amide) rings is 1. The number of carbonyl (C=O) groups is 3. The third-order valence-corrected chi connectivity index (χ3v) is 8.11. The summed E-state index contributed by atoms with van der Waals surface area (Å²) in [7, 11) is -5.10. The van der Waals surface area contributed by atoms with E-state index in [-0.39, 0.29) is 64.2 Å². The van der Waals surface area contributed by atoms with Crippen LogP contribution in [0.4, 0.5) is 0 Å². The van der Waals surface area contributed by atoms with Crippen LogP contribution in [0.2, 0.25) is 0 Å². The van der Waals surface area contributed by atoms with Crippen molar-refractivity contribution in [1.29, 1.82) is 5.41 Å². The largest absolute Gasteiger partial charge is 1.00 e. The number of aromatic nitrogens is 1. The SMILES string of the molecule is N=C([O-])c1cc[n+](CC2=C(C(=O)O)N3C(=O)[C@H](NC(=O)[C@H](c4ccccc4)S(=O)(=O)[O-])[C@H]3SC2)cc1.O.[Na+]. The summed E-state index contributed by atoms with van der Waals surface area (Å²) in [5.41, 5.74) is 0.273. The van der Waals surface area contributed by atoms with Gasteiger partial charge in [-0.15, -0.1) is 11.8 Å². The van der Waals surface area contributed by atoms with E-state index < -0.39 is 50.5 Å². The molecule has 0 radical (unpaired) electrons. The van der Waals surface area contributed by atoms with Crippen molar-refractivity contribution in [3.05, 3.63) is 77.3 Å². The van der Waals surface area contributed by atoms with Crippen LogP contribution in [-0.4, -0.2) is 69.3 Å². The van der Waals surface area contributed by atoms with Crippen molar-refractivity contribution in [1.82, 2.24) is 10.2 Å². The molecule has 2 aliphatic rings. The molecule has 4 rings (SSSR count). The first-order chi connectivity index (χ1) is 17.0. The van der Waals surface area contributed by atoms with Crippen LogP contribution in [0.5, 0.6) is 0 Å². The minimum Gasteiger partial charge on any atom is -0.859 e. The Bertz CT molecular complexity index is 1390. The van der Waals surface area contributed by atoms with Crippen molar-refractivity contribution in [3.8, 4) is 0 Å². The first kappa shape index (κ1) is 31.4. The van der Waals surface area contributed by atoms with E-state index >= 15 is 0 Å². The predicted octanol–water partition coefficient (Wildman–Crippen LogP) is -5.14. The van der Waals surface area contributed by atoms with Gasteiger partial charge >= 0.3 is 35.5 Å². The van der Waals surface area contributed by atoms with Gasteiger partial charge in [-0.2, -0.15) is 0 Å². The molecule has 1 fully saturated rings. The van der Waals surface area contributed by atoms with Crippen LogP contribution in [0.15, 0.2) is 66.1 Å². The van der Waals surface area contributed by atoms with E-state index in [2.05, 4.69) is 5.32 Å². The second-order valence-electron chi connectivity index (χ2n) is 8.03. The molecule has 5 N–H and O–H groups in total. The van der Waals surface area contributed by atoms with E-state index in [9.17, 15) is 37.6 Å². The predicted molar refractivity (Wildman–Crippen MR) is 126 cm³/mol. The van der Waals surface area contributed by atoms with Crippen molar-refractivity contribution in [3.63, 3.8) is 0 Å². The standard InChI is InChI=1S/C22H20N4O8S2.Na.H2O/c23-18(27)13-6-8-25(9-7-13)10-14-11-35-21-15(20(29)26(21)16(14)22(30)31)24-19(28)17(36(32,33)34)12-4-2-1-3-5-12;;/h1-9,15,17,21H,10-11H2,(H4-,23,24,27,28,30,31,32,33,34);;1H2/q;+1;/p-1/t15-,17-,21+;;/m0../s1. The van der Waals surface area contributed by atoms with E-state index in [1.54, 1.807) is 10.6 Å². The number of benzene rings is 1. The number of pyridine rings is 1. The molecule has 3 heterocycles. The first-order valence-electron chi connectivity index (χ1n) is 10.4. The molecule has 2 amide bonds. The van der Waals surface area contributed by atoms with Crippen LogP contribution >= 0.6 is 11.8 Å². The molecule has 3 atom stereocenters. The number of carboxylic acid groups (broad SMARTS) is 1. The summed E-state index contributed by atoms with van der Waals surface area (Å²) in [5, 5.41) is 27.5. The Morgan fingerprint density at radius 1 is 1.21 bits per heavy atom. The maximum Gasteiger partial charge on any atom is 1.00 e. The number of thioether (sulfide) groups is 1. The van der Waals surface area contributed by atoms with Gasteiger partial charge in [0.1, 0.15) is 27.2 Å². The van der Waals surface area contributed by atoms with Crippen molar-refractivity contribution in [2.75, 3.05) is 5.75 Å². The van der Waals surface area contributed by atoms with Gasteiger partial charge in [-0.25, -0.2) is 17.8 Å². The van der Waals surface area contributed by atoms with Gasteiger partial charge in [0, 0.05) is 23.5 Å². The van der Waals surface area contributed by atoms with Crippen molar-refractivity contribution < 1.29 is 77.2 Å². The smallest absolute Gasteiger partial charge is 0.859 e. The van der Waals surface area contributed by atoms with Crippen LogP contribution in [0.1, 0.15) is 16.4 Å². The summed E-state index contributed by atoms with van der Waals surface area (Å²) in [5.74, 6) is -3.93. The van der Waals surface area contributed by atoms with E-state index in [0.29, 0.717) is 5.57 Å². The maximum absolute atomic E-state index is 12.9. The van der Waals surface area contributed by atoms with Crippen LogP contribution < -0.4 is 44.5 Å². The molecule has 2 aliphatic heterocycles. The summed E-state index contributed by atoms with van der Waals surface area (Å²) in [4.78, 5) is 38.7. The number of nitrogens with one attached hydrogen (secondary N) is 2. The van der Waals surface area contributed by atoms with E-state index in [4.69, 9.17) is 5.41 Å². The molecule has 0 unspecified atom stereocenters. The number of hydrogen-bond acceptors (Lipinski definition) is 9. The van der Waals surface area contributed by atoms with Crippen LogP contribution in [0.25, 0.3) is 0 Å². The average Bonchev–Trinajstić information content (AvgIpc) is 2.82. The average molecular weight is 573 g/mol. The molecule has 1 aromatic carbocycles. The number of fused-ring (bicyclic) bond motifs is 1.